The number of nitrogens with zero attached hydrogens (tertiary/aromatic N) is 3. The highest BCUT2D eigenvalue weighted by Gasteiger charge is 2.26. The number of halogens is 2. The molecule has 0 atom stereocenters. The maximum absolute atomic E-state index is 15.3. The summed E-state index contributed by atoms with van der Waals surface area (Å²) >= 11 is 1.14. The fourth-order valence-electron chi connectivity index (χ4n) is 3.65. The molecule has 0 fully saturated rings. The molecular formula is C23H16F2N4O3S2. The monoisotopic (exact) mass is 498 g/mol. The number of thiazole rings is 1. The minimum Gasteiger partial charge on any atom is -0.337 e. The van der Waals surface area contributed by atoms with Crippen molar-refractivity contribution in [3.05, 3.63) is 83.8 Å². The number of hydrogen-bond acceptors (Lipinski definition) is 6. The summed E-state index contributed by atoms with van der Waals surface area (Å²) in [6.45, 7) is 0.488. The van der Waals surface area contributed by atoms with Crippen molar-refractivity contribution in [1.29, 1.82) is 0 Å². The van der Waals surface area contributed by atoms with Gasteiger partial charge in [0.15, 0.2) is 5.82 Å². The van der Waals surface area contributed by atoms with Crippen LogP contribution in [0.3, 0.4) is 0 Å². The molecule has 1 aliphatic heterocycles. The molecular weight excluding hydrogens is 482 g/mol. The standard InChI is InChI=1S/C23H16F2N4O3S2/c1-29-12-14-9-13(7-8-16(14)23(29)30)22-27-11-18(33-22)17-10-26-21(25)20(19(17)24)28-34(31,32)15-5-3-2-4-6-15/h2-11,28H,12H2,1H3. The summed E-state index contributed by atoms with van der Waals surface area (Å²) in [5, 5.41) is 0.565. The Kier molecular flexibility index (Phi) is 5.37. The predicted octanol–water partition coefficient (Wildman–Crippen LogP) is 4.54. The first-order valence-corrected chi connectivity index (χ1v) is 12.3. The van der Waals surface area contributed by atoms with Crippen molar-refractivity contribution in [2.24, 2.45) is 0 Å². The molecule has 2 aromatic heterocycles. The number of sulfonamides is 1. The van der Waals surface area contributed by atoms with E-state index in [9.17, 15) is 17.6 Å². The molecule has 5 rings (SSSR count). The van der Waals surface area contributed by atoms with E-state index in [2.05, 4.69) is 9.97 Å². The van der Waals surface area contributed by atoms with Crippen LogP contribution < -0.4 is 4.72 Å². The zero-order valence-electron chi connectivity index (χ0n) is 17.6. The van der Waals surface area contributed by atoms with Crippen molar-refractivity contribution in [3.8, 4) is 21.0 Å². The molecule has 1 aliphatic rings. The largest absolute Gasteiger partial charge is 0.337 e. The van der Waals surface area contributed by atoms with Gasteiger partial charge in [0.2, 0.25) is 5.95 Å². The van der Waals surface area contributed by atoms with Crippen LogP contribution in [0.1, 0.15) is 15.9 Å². The van der Waals surface area contributed by atoms with Gasteiger partial charge in [-0.1, -0.05) is 24.3 Å². The Bertz CT molecular complexity index is 1540. The van der Waals surface area contributed by atoms with Gasteiger partial charge in [-0.15, -0.1) is 11.3 Å². The van der Waals surface area contributed by atoms with Crippen LogP contribution in [0.15, 0.2) is 65.8 Å². The van der Waals surface area contributed by atoms with Crippen LogP contribution in [0.25, 0.3) is 21.0 Å². The highest BCUT2D eigenvalue weighted by atomic mass is 32.2. The number of carbonyl (C=O) groups is 1. The summed E-state index contributed by atoms with van der Waals surface area (Å²) in [4.78, 5) is 21.8. The van der Waals surface area contributed by atoms with Gasteiger partial charge in [0.05, 0.1) is 9.77 Å². The molecule has 172 valence electrons. The second kappa shape index (κ2) is 8.26. The lowest BCUT2D eigenvalue weighted by Crippen LogP contribution is -2.17. The van der Waals surface area contributed by atoms with Gasteiger partial charge in [0.25, 0.3) is 15.9 Å². The second-order valence-electron chi connectivity index (χ2n) is 7.63. The molecule has 0 bridgehead atoms. The van der Waals surface area contributed by atoms with Crippen LogP contribution >= 0.6 is 11.3 Å². The number of benzene rings is 2. The Balaban J connectivity index is 1.49. The van der Waals surface area contributed by atoms with Crippen molar-refractivity contribution in [3.63, 3.8) is 0 Å². The van der Waals surface area contributed by atoms with Crippen molar-refractivity contribution < 1.29 is 22.0 Å². The van der Waals surface area contributed by atoms with E-state index in [0.29, 0.717) is 22.0 Å². The zero-order chi connectivity index (χ0) is 24.0. The summed E-state index contributed by atoms with van der Waals surface area (Å²) in [7, 11) is -2.50. The number of rotatable bonds is 5. The van der Waals surface area contributed by atoms with E-state index in [1.807, 2.05) is 10.8 Å². The number of pyridine rings is 1. The number of anilines is 1. The highest BCUT2D eigenvalue weighted by Crippen LogP contribution is 2.37. The van der Waals surface area contributed by atoms with Gasteiger partial charge in [0, 0.05) is 42.7 Å². The van der Waals surface area contributed by atoms with Crippen LogP contribution in [0.4, 0.5) is 14.5 Å². The first kappa shape index (κ1) is 22.1. The highest BCUT2D eigenvalue weighted by molar-refractivity contribution is 7.92. The van der Waals surface area contributed by atoms with Gasteiger partial charge >= 0.3 is 0 Å². The molecule has 1 N–H and O–H groups in total. The van der Waals surface area contributed by atoms with E-state index in [1.54, 1.807) is 30.1 Å². The molecule has 7 nitrogen and oxygen atoms in total. The third-order valence-corrected chi connectivity index (χ3v) is 7.81. The molecule has 0 saturated carbocycles. The molecule has 4 aromatic rings. The molecule has 3 heterocycles. The van der Waals surface area contributed by atoms with E-state index in [4.69, 9.17) is 0 Å². The van der Waals surface area contributed by atoms with E-state index in [0.717, 1.165) is 28.7 Å². The lowest BCUT2D eigenvalue weighted by atomic mass is 10.1. The molecule has 0 radical (unpaired) electrons. The summed E-state index contributed by atoms with van der Waals surface area (Å²) < 4.78 is 56.7. The van der Waals surface area contributed by atoms with Crippen LogP contribution in [-0.4, -0.2) is 36.2 Å². The van der Waals surface area contributed by atoms with Crippen LogP contribution in [0.5, 0.6) is 0 Å². The van der Waals surface area contributed by atoms with Crippen molar-refractivity contribution in [1.82, 2.24) is 14.9 Å². The van der Waals surface area contributed by atoms with Gasteiger partial charge in [-0.3, -0.25) is 9.52 Å². The van der Waals surface area contributed by atoms with Gasteiger partial charge in [-0.25, -0.2) is 22.8 Å². The Morgan fingerprint density at radius 2 is 1.79 bits per heavy atom. The molecule has 1 amide bonds. The number of carbonyl (C=O) groups excluding carboxylic acids is 1. The number of aromatic nitrogens is 2. The maximum atomic E-state index is 15.3. The van der Waals surface area contributed by atoms with E-state index in [1.165, 1.54) is 30.5 Å². The third kappa shape index (κ3) is 3.82. The molecule has 0 spiro atoms. The summed E-state index contributed by atoms with van der Waals surface area (Å²) in [6.07, 6.45) is 2.41. The van der Waals surface area contributed by atoms with E-state index >= 15 is 4.39 Å². The maximum Gasteiger partial charge on any atom is 0.262 e. The molecule has 2 aromatic carbocycles. The molecule has 11 heteroatoms. The SMILES string of the molecule is CN1Cc2cc(-c3ncc(-c4cnc(F)c(NS(=O)(=O)c5ccccc5)c4F)s3)ccc2C1=O. The topological polar surface area (TPSA) is 92.3 Å². The average molecular weight is 499 g/mol. The minimum absolute atomic E-state index is 0.0497. The summed E-state index contributed by atoms with van der Waals surface area (Å²) in [5.41, 5.74) is 1.29. The van der Waals surface area contributed by atoms with Crippen LogP contribution in [0, 0.1) is 11.8 Å². The number of nitrogens with one attached hydrogen (secondary N) is 1. The Hall–Kier alpha value is -3.70. The van der Waals surface area contributed by atoms with Gasteiger partial charge in [-0.05, 0) is 29.8 Å². The smallest absolute Gasteiger partial charge is 0.262 e. The first-order chi connectivity index (χ1) is 16.2. The average Bonchev–Trinajstić information content (AvgIpc) is 3.42. The predicted molar refractivity (Wildman–Crippen MR) is 124 cm³/mol. The van der Waals surface area contributed by atoms with Crippen molar-refractivity contribution >= 4 is 33.0 Å². The lowest BCUT2D eigenvalue weighted by molar-refractivity contribution is 0.0816. The van der Waals surface area contributed by atoms with E-state index in [-0.39, 0.29) is 16.4 Å². The number of hydrogen-bond donors (Lipinski definition) is 1. The number of amides is 1. The van der Waals surface area contributed by atoms with Crippen molar-refractivity contribution in [2.75, 3.05) is 11.8 Å². The van der Waals surface area contributed by atoms with Gasteiger partial charge < -0.3 is 4.90 Å². The fourth-order valence-corrected chi connectivity index (χ4v) is 5.64. The van der Waals surface area contributed by atoms with E-state index < -0.39 is 27.5 Å². The summed E-state index contributed by atoms with van der Waals surface area (Å²) in [5.74, 6) is -2.42. The zero-order valence-corrected chi connectivity index (χ0v) is 19.3. The second-order valence-corrected chi connectivity index (χ2v) is 10.3. The third-order valence-electron chi connectivity index (χ3n) is 5.37. The molecule has 34 heavy (non-hydrogen) atoms. The minimum atomic E-state index is -4.22. The lowest BCUT2D eigenvalue weighted by Gasteiger charge is -2.11. The first-order valence-electron chi connectivity index (χ1n) is 10.0. The Labute approximate surface area is 197 Å². The van der Waals surface area contributed by atoms with Gasteiger partial charge in [-0.2, -0.15) is 4.39 Å². The quantitative estimate of drug-likeness (QED) is 0.408. The van der Waals surface area contributed by atoms with Gasteiger partial charge in [0.1, 0.15) is 10.7 Å². The molecule has 0 aliphatic carbocycles. The van der Waals surface area contributed by atoms with Crippen LogP contribution in [-0.2, 0) is 16.6 Å². The number of fused-ring (bicyclic) bond motifs is 1. The molecule has 0 unspecified atom stereocenters. The normalized spacial score (nSPS) is 13.3. The van der Waals surface area contributed by atoms with Crippen LogP contribution in [0.2, 0.25) is 0 Å². The van der Waals surface area contributed by atoms with Crippen molar-refractivity contribution in [2.45, 2.75) is 11.4 Å². The Morgan fingerprint density at radius 3 is 2.56 bits per heavy atom. The Morgan fingerprint density at radius 1 is 1.03 bits per heavy atom. The molecule has 0 saturated heterocycles. The fraction of sp³-hybridized carbons (Fsp3) is 0.0870. The summed E-state index contributed by atoms with van der Waals surface area (Å²) in [6, 6.07) is 12.6.